The normalized spacial score (nSPS) is 15.7. The van der Waals surface area contributed by atoms with Gasteiger partial charge in [-0.25, -0.2) is 0 Å². The van der Waals surface area contributed by atoms with Crippen molar-refractivity contribution in [3.8, 4) is 0 Å². The van der Waals surface area contributed by atoms with Gasteiger partial charge in [0.1, 0.15) is 0 Å². The molecule has 1 aromatic rings. The van der Waals surface area contributed by atoms with Crippen LogP contribution in [-0.4, -0.2) is 5.78 Å². The van der Waals surface area contributed by atoms with Crippen molar-refractivity contribution in [3.05, 3.63) is 35.4 Å². The van der Waals surface area contributed by atoms with Gasteiger partial charge in [0.2, 0.25) is 0 Å². The first kappa shape index (κ1) is 10.9. The maximum atomic E-state index is 11.3. The number of carbonyl (C=O) groups excluding carboxylic acids is 1. The minimum Gasteiger partial charge on any atom is -0.398 e. The minimum atomic E-state index is 0.0951. The van der Waals surface area contributed by atoms with E-state index in [0.717, 1.165) is 29.7 Å². The molecule has 0 aromatic heterocycles. The van der Waals surface area contributed by atoms with Crippen LogP contribution in [0, 0.1) is 0 Å². The van der Waals surface area contributed by atoms with E-state index in [-0.39, 0.29) is 5.78 Å². The molecule has 2 rings (SSSR count). The molecule has 1 aromatic carbocycles. The third-order valence-corrected chi connectivity index (χ3v) is 3.10. The van der Waals surface area contributed by atoms with Crippen LogP contribution in [0.2, 0.25) is 0 Å². The van der Waals surface area contributed by atoms with Crippen LogP contribution in [-0.2, 0) is 0 Å². The van der Waals surface area contributed by atoms with Gasteiger partial charge in [0.15, 0.2) is 5.78 Å². The Bertz CT molecular complexity index is 446. The van der Waals surface area contributed by atoms with Gasteiger partial charge in [-0.15, -0.1) is 0 Å². The molecule has 2 N–H and O–H groups in total. The molecule has 0 aliphatic heterocycles. The summed E-state index contributed by atoms with van der Waals surface area (Å²) < 4.78 is 0. The molecule has 0 saturated heterocycles. The number of ketones is 1. The van der Waals surface area contributed by atoms with E-state index < -0.39 is 0 Å². The van der Waals surface area contributed by atoms with E-state index in [1.165, 1.54) is 18.4 Å². The summed E-state index contributed by atoms with van der Waals surface area (Å²) in [6, 6.07) is 5.56. The molecular formula is C14H17NO. The van der Waals surface area contributed by atoms with E-state index in [1.807, 2.05) is 12.1 Å². The lowest BCUT2D eigenvalue weighted by Crippen LogP contribution is -2.00. The van der Waals surface area contributed by atoms with Crippen LogP contribution >= 0.6 is 0 Å². The highest BCUT2D eigenvalue weighted by molar-refractivity contribution is 5.96. The summed E-state index contributed by atoms with van der Waals surface area (Å²) in [6.07, 6.45) is 6.93. The molecule has 0 spiro atoms. The third kappa shape index (κ3) is 2.16. The Morgan fingerprint density at radius 2 is 2.12 bits per heavy atom. The van der Waals surface area contributed by atoms with Crippen molar-refractivity contribution in [2.45, 2.75) is 32.6 Å². The molecule has 0 bridgehead atoms. The van der Waals surface area contributed by atoms with E-state index >= 15 is 0 Å². The summed E-state index contributed by atoms with van der Waals surface area (Å²) in [4.78, 5) is 11.3. The Balaban J connectivity index is 2.42. The van der Waals surface area contributed by atoms with Crippen LogP contribution in [0.1, 0.15) is 48.5 Å². The van der Waals surface area contributed by atoms with Gasteiger partial charge in [0.25, 0.3) is 0 Å². The molecule has 16 heavy (non-hydrogen) atoms. The van der Waals surface area contributed by atoms with Crippen LogP contribution in [0.15, 0.2) is 24.3 Å². The van der Waals surface area contributed by atoms with Gasteiger partial charge in [-0.3, -0.25) is 4.79 Å². The quantitative estimate of drug-likeness (QED) is 0.606. The number of nitrogens with two attached hydrogens (primary N) is 1. The third-order valence-electron chi connectivity index (χ3n) is 3.10. The van der Waals surface area contributed by atoms with Gasteiger partial charge in [0.05, 0.1) is 0 Å². The van der Waals surface area contributed by atoms with E-state index in [1.54, 1.807) is 13.0 Å². The molecule has 1 aliphatic carbocycles. The standard InChI is InChI=1S/C14H17NO/c1-10(16)12-7-8-14(15)13(9-12)11-5-3-2-4-6-11/h5,7-9H,2-4,6,15H2,1H3. The highest BCUT2D eigenvalue weighted by Gasteiger charge is 2.11. The van der Waals surface area contributed by atoms with Gasteiger partial charge >= 0.3 is 0 Å². The summed E-state index contributed by atoms with van der Waals surface area (Å²) in [7, 11) is 0. The number of allylic oxidation sites excluding steroid dienone is 2. The average molecular weight is 215 g/mol. The zero-order valence-corrected chi connectivity index (χ0v) is 9.62. The minimum absolute atomic E-state index is 0.0951. The fourth-order valence-corrected chi connectivity index (χ4v) is 2.14. The predicted molar refractivity (Wildman–Crippen MR) is 67.3 cm³/mol. The smallest absolute Gasteiger partial charge is 0.159 e. The molecule has 84 valence electrons. The second-order valence-electron chi connectivity index (χ2n) is 4.33. The van der Waals surface area contributed by atoms with Crippen LogP contribution in [0.25, 0.3) is 5.57 Å². The Kier molecular flexibility index (Phi) is 3.09. The van der Waals surface area contributed by atoms with Gasteiger partial charge < -0.3 is 5.73 Å². The largest absolute Gasteiger partial charge is 0.398 e. The molecule has 0 unspecified atom stereocenters. The first-order valence-electron chi connectivity index (χ1n) is 5.78. The van der Waals surface area contributed by atoms with Gasteiger partial charge in [0, 0.05) is 16.8 Å². The number of benzene rings is 1. The van der Waals surface area contributed by atoms with Gasteiger partial charge in [-0.05, 0) is 56.4 Å². The van der Waals surface area contributed by atoms with E-state index in [9.17, 15) is 4.79 Å². The van der Waals surface area contributed by atoms with Crippen LogP contribution in [0.3, 0.4) is 0 Å². The fraction of sp³-hybridized carbons (Fsp3) is 0.357. The molecule has 2 heteroatoms. The molecule has 0 fully saturated rings. The van der Waals surface area contributed by atoms with Gasteiger partial charge in [-0.1, -0.05) is 6.08 Å². The number of carbonyl (C=O) groups is 1. The Hall–Kier alpha value is -1.57. The van der Waals surface area contributed by atoms with Crippen LogP contribution in [0.4, 0.5) is 5.69 Å². The number of anilines is 1. The molecule has 0 saturated carbocycles. The van der Waals surface area contributed by atoms with Crippen molar-refractivity contribution < 1.29 is 4.79 Å². The molecule has 2 nitrogen and oxygen atoms in total. The fourth-order valence-electron chi connectivity index (χ4n) is 2.14. The highest BCUT2D eigenvalue weighted by atomic mass is 16.1. The number of rotatable bonds is 2. The molecule has 1 aliphatic rings. The van der Waals surface area contributed by atoms with E-state index in [2.05, 4.69) is 6.08 Å². The van der Waals surface area contributed by atoms with Crippen molar-refractivity contribution in [2.24, 2.45) is 0 Å². The van der Waals surface area contributed by atoms with Crippen molar-refractivity contribution in [1.82, 2.24) is 0 Å². The molecule has 0 atom stereocenters. The summed E-state index contributed by atoms with van der Waals surface area (Å²) in [5.41, 5.74) is 9.84. The second kappa shape index (κ2) is 4.52. The Morgan fingerprint density at radius 3 is 2.75 bits per heavy atom. The van der Waals surface area contributed by atoms with Crippen LogP contribution < -0.4 is 5.73 Å². The first-order chi connectivity index (χ1) is 7.68. The zero-order valence-electron chi connectivity index (χ0n) is 9.62. The summed E-state index contributed by atoms with van der Waals surface area (Å²) >= 11 is 0. The van der Waals surface area contributed by atoms with Gasteiger partial charge in [-0.2, -0.15) is 0 Å². The highest BCUT2D eigenvalue weighted by Crippen LogP contribution is 2.30. The molecule has 0 amide bonds. The first-order valence-corrected chi connectivity index (χ1v) is 5.78. The number of hydrogen-bond donors (Lipinski definition) is 1. The lowest BCUT2D eigenvalue weighted by molar-refractivity contribution is 0.101. The lowest BCUT2D eigenvalue weighted by atomic mass is 9.91. The lowest BCUT2D eigenvalue weighted by Gasteiger charge is -2.15. The maximum absolute atomic E-state index is 11.3. The van der Waals surface area contributed by atoms with Crippen molar-refractivity contribution in [3.63, 3.8) is 0 Å². The SMILES string of the molecule is CC(=O)c1ccc(N)c(C2=CCCCC2)c1. The van der Waals surface area contributed by atoms with E-state index in [4.69, 9.17) is 5.73 Å². The second-order valence-corrected chi connectivity index (χ2v) is 4.33. The topological polar surface area (TPSA) is 43.1 Å². The van der Waals surface area contributed by atoms with Crippen LogP contribution in [0.5, 0.6) is 0 Å². The average Bonchev–Trinajstić information content (AvgIpc) is 2.30. The number of Topliss-reactive ketones (excluding diaryl/α,β-unsaturated/α-hetero) is 1. The number of hydrogen-bond acceptors (Lipinski definition) is 2. The van der Waals surface area contributed by atoms with Crippen molar-refractivity contribution in [1.29, 1.82) is 0 Å². The molecule has 0 heterocycles. The Labute approximate surface area is 96.2 Å². The van der Waals surface area contributed by atoms with E-state index in [0.29, 0.717) is 0 Å². The monoisotopic (exact) mass is 215 g/mol. The summed E-state index contributed by atoms with van der Waals surface area (Å²) in [5.74, 6) is 0.0951. The molecule has 0 radical (unpaired) electrons. The summed E-state index contributed by atoms with van der Waals surface area (Å²) in [5, 5.41) is 0. The zero-order chi connectivity index (χ0) is 11.5. The van der Waals surface area contributed by atoms with Crippen molar-refractivity contribution in [2.75, 3.05) is 5.73 Å². The van der Waals surface area contributed by atoms with Crippen molar-refractivity contribution >= 4 is 17.0 Å². The maximum Gasteiger partial charge on any atom is 0.159 e. The summed E-state index contributed by atoms with van der Waals surface area (Å²) in [6.45, 7) is 1.59. The Morgan fingerprint density at radius 1 is 1.31 bits per heavy atom. The predicted octanol–water partition coefficient (Wildman–Crippen LogP) is 3.43. The number of nitrogen functional groups attached to an aromatic ring is 1. The molecular weight excluding hydrogens is 198 g/mol.